The fourth-order valence-corrected chi connectivity index (χ4v) is 1.82. The highest BCUT2D eigenvalue weighted by Crippen LogP contribution is 2.12. The molecular formula is C13H23N3O2. The normalized spacial score (nSPS) is 12.8. The van der Waals surface area contributed by atoms with Crippen LogP contribution in [-0.4, -0.2) is 33.4 Å². The molecule has 1 aromatic heterocycles. The van der Waals surface area contributed by atoms with Gasteiger partial charge in [0.1, 0.15) is 0 Å². The number of rotatable bonds is 6. The first-order valence-electron chi connectivity index (χ1n) is 6.45. The van der Waals surface area contributed by atoms with Gasteiger partial charge in [0.25, 0.3) is 5.91 Å². The second kappa shape index (κ2) is 6.54. The summed E-state index contributed by atoms with van der Waals surface area (Å²) in [6.07, 6.45) is 2.38. The molecule has 0 aliphatic rings. The van der Waals surface area contributed by atoms with Crippen molar-refractivity contribution in [2.45, 2.75) is 46.7 Å². The van der Waals surface area contributed by atoms with Gasteiger partial charge in [0.05, 0.1) is 24.1 Å². The molecule has 1 atom stereocenters. The van der Waals surface area contributed by atoms with E-state index in [2.05, 4.69) is 24.3 Å². The number of carbonyl (C=O) groups is 1. The maximum Gasteiger partial charge on any atom is 0.255 e. The molecule has 0 aliphatic carbocycles. The summed E-state index contributed by atoms with van der Waals surface area (Å²) in [5.74, 6) is 0.325. The van der Waals surface area contributed by atoms with Crippen LogP contribution < -0.4 is 5.32 Å². The second-order valence-electron chi connectivity index (χ2n) is 4.99. The topological polar surface area (TPSA) is 67.2 Å². The molecule has 0 bridgehead atoms. The molecule has 0 saturated carbocycles. The highest BCUT2D eigenvalue weighted by Gasteiger charge is 2.17. The number of hydrogen-bond donors (Lipinski definition) is 2. The van der Waals surface area contributed by atoms with Gasteiger partial charge in [0.15, 0.2) is 0 Å². The van der Waals surface area contributed by atoms with Crippen molar-refractivity contribution in [3.63, 3.8) is 0 Å². The zero-order chi connectivity index (χ0) is 13.7. The van der Waals surface area contributed by atoms with Crippen molar-refractivity contribution in [1.29, 1.82) is 0 Å². The van der Waals surface area contributed by atoms with E-state index < -0.39 is 0 Å². The molecule has 0 radical (unpaired) electrons. The molecule has 18 heavy (non-hydrogen) atoms. The summed E-state index contributed by atoms with van der Waals surface area (Å²) in [6.45, 7) is 8.77. The molecule has 0 aliphatic heterocycles. The monoisotopic (exact) mass is 253 g/mol. The summed E-state index contributed by atoms with van der Waals surface area (Å²) in [7, 11) is 0. The van der Waals surface area contributed by atoms with E-state index in [-0.39, 0.29) is 18.6 Å². The van der Waals surface area contributed by atoms with Gasteiger partial charge in [-0.25, -0.2) is 0 Å². The Labute approximate surface area is 108 Å². The third-order valence-corrected chi connectivity index (χ3v) is 2.72. The summed E-state index contributed by atoms with van der Waals surface area (Å²) in [5, 5.41) is 16.0. The minimum Gasteiger partial charge on any atom is -0.394 e. The third-order valence-electron chi connectivity index (χ3n) is 2.72. The smallest absolute Gasteiger partial charge is 0.255 e. The lowest BCUT2D eigenvalue weighted by molar-refractivity contribution is 0.0921. The van der Waals surface area contributed by atoms with Crippen molar-refractivity contribution < 1.29 is 9.90 Å². The molecule has 1 heterocycles. The Bertz CT molecular complexity index is 399. The lowest BCUT2D eigenvalue weighted by Gasteiger charge is -2.12. The van der Waals surface area contributed by atoms with Crippen molar-refractivity contribution in [1.82, 2.24) is 15.1 Å². The van der Waals surface area contributed by atoms with E-state index in [0.717, 1.165) is 18.7 Å². The molecule has 0 aromatic carbocycles. The molecule has 0 saturated heterocycles. The number of aliphatic hydroxyl groups excluding tert-OH is 1. The number of hydrogen-bond acceptors (Lipinski definition) is 3. The van der Waals surface area contributed by atoms with Crippen LogP contribution in [0.3, 0.4) is 0 Å². The summed E-state index contributed by atoms with van der Waals surface area (Å²) in [5.41, 5.74) is 1.56. The largest absolute Gasteiger partial charge is 0.394 e. The summed E-state index contributed by atoms with van der Waals surface area (Å²) >= 11 is 0. The molecule has 0 fully saturated rings. The molecule has 1 aromatic rings. The summed E-state index contributed by atoms with van der Waals surface area (Å²) in [6, 6.07) is -0.240. The van der Waals surface area contributed by atoms with Crippen molar-refractivity contribution in [2.75, 3.05) is 6.61 Å². The van der Waals surface area contributed by atoms with Crippen LogP contribution in [-0.2, 0) is 13.0 Å². The van der Waals surface area contributed by atoms with Gasteiger partial charge in [-0.05, 0) is 19.3 Å². The van der Waals surface area contributed by atoms with Crippen LogP contribution in [0.15, 0.2) is 6.20 Å². The van der Waals surface area contributed by atoms with Crippen molar-refractivity contribution in [3.8, 4) is 0 Å². The number of aromatic nitrogens is 2. The van der Waals surface area contributed by atoms with Gasteiger partial charge in [-0.3, -0.25) is 9.48 Å². The van der Waals surface area contributed by atoms with Crippen molar-refractivity contribution >= 4 is 5.91 Å². The second-order valence-corrected chi connectivity index (χ2v) is 4.99. The first-order chi connectivity index (χ1) is 8.49. The predicted molar refractivity (Wildman–Crippen MR) is 70.5 cm³/mol. The Morgan fingerprint density at radius 3 is 2.67 bits per heavy atom. The summed E-state index contributed by atoms with van der Waals surface area (Å²) < 4.78 is 1.89. The number of amides is 1. The predicted octanol–water partition coefficient (Wildman–Crippen LogP) is 1.21. The Morgan fingerprint density at radius 2 is 2.17 bits per heavy atom. The first kappa shape index (κ1) is 14.7. The van der Waals surface area contributed by atoms with Gasteiger partial charge < -0.3 is 10.4 Å². The molecular weight excluding hydrogens is 230 g/mol. The van der Waals surface area contributed by atoms with Crippen LogP contribution in [0.2, 0.25) is 0 Å². The van der Waals surface area contributed by atoms with Crippen molar-refractivity contribution in [2.24, 2.45) is 5.92 Å². The lowest BCUT2D eigenvalue weighted by atomic mass is 10.1. The van der Waals surface area contributed by atoms with Crippen molar-refractivity contribution in [3.05, 3.63) is 17.5 Å². The van der Waals surface area contributed by atoms with Crippen LogP contribution in [0.5, 0.6) is 0 Å². The highest BCUT2D eigenvalue weighted by atomic mass is 16.3. The van der Waals surface area contributed by atoms with E-state index in [4.69, 9.17) is 5.11 Å². The average Bonchev–Trinajstić information content (AvgIpc) is 2.70. The third kappa shape index (κ3) is 3.57. The van der Waals surface area contributed by atoms with Gasteiger partial charge in [-0.2, -0.15) is 5.10 Å². The molecule has 1 unspecified atom stereocenters. The van der Waals surface area contributed by atoms with Crippen LogP contribution in [0.4, 0.5) is 0 Å². The number of nitrogens with zero attached hydrogens (tertiary/aromatic N) is 2. The average molecular weight is 253 g/mol. The zero-order valence-electron chi connectivity index (χ0n) is 11.6. The summed E-state index contributed by atoms with van der Waals surface area (Å²) in [4.78, 5) is 12.0. The molecule has 1 amide bonds. The minimum atomic E-state index is -0.240. The molecule has 5 nitrogen and oxygen atoms in total. The fraction of sp³-hybridized carbons (Fsp3) is 0.692. The minimum absolute atomic E-state index is 0.0622. The number of aliphatic hydroxyl groups is 1. The lowest BCUT2D eigenvalue weighted by Crippen LogP contribution is -2.35. The van der Waals surface area contributed by atoms with Crippen LogP contribution in [0.1, 0.15) is 43.7 Å². The highest BCUT2D eigenvalue weighted by molar-refractivity contribution is 5.95. The van der Waals surface area contributed by atoms with E-state index in [1.165, 1.54) is 0 Å². The molecule has 102 valence electrons. The fourth-order valence-electron chi connectivity index (χ4n) is 1.82. The maximum absolute atomic E-state index is 12.0. The standard InChI is InChI=1S/C13H23N3O2/c1-5-12-11(13(18)15-10(4)8-17)6-14-16(12)7-9(2)3/h6,9-10,17H,5,7-8H2,1-4H3,(H,15,18). The van der Waals surface area contributed by atoms with Gasteiger partial charge in [0, 0.05) is 12.6 Å². The Hall–Kier alpha value is -1.36. The van der Waals surface area contributed by atoms with Crippen LogP contribution in [0.25, 0.3) is 0 Å². The van der Waals surface area contributed by atoms with E-state index >= 15 is 0 Å². The maximum atomic E-state index is 12.0. The Morgan fingerprint density at radius 1 is 1.50 bits per heavy atom. The van der Waals surface area contributed by atoms with Gasteiger partial charge in [-0.15, -0.1) is 0 Å². The molecule has 1 rings (SSSR count). The van der Waals surface area contributed by atoms with Crippen LogP contribution in [0, 0.1) is 5.92 Å². The van der Waals surface area contributed by atoms with Gasteiger partial charge in [0.2, 0.25) is 0 Å². The molecule has 0 spiro atoms. The Kier molecular flexibility index (Phi) is 5.34. The molecule has 2 N–H and O–H groups in total. The Balaban J connectivity index is 2.89. The molecule has 5 heteroatoms. The van der Waals surface area contributed by atoms with E-state index in [1.54, 1.807) is 13.1 Å². The van der Waals surface area contributed by atoms with Gasteiger partial charge >= 0.3 is 0 Å². The number of carbonyl (C=O) groups excluding carboxylic acids is 1. The van der Waals surface area contributed by atoms with E-state index in [1.807, 2.05) is 11.6 Å². The quantitative estimate of drug-likeness (QED) is 0.801. The zero-order valence-corrected chi connectivity index (χ0v) is 11.6. The first-order valence-corrected chi connectivity index (χ1v) is 6.45. The van der Waals surface area contributed by atoms with E-state index in [0.29, 0.717) is 11.5 Å². The van der Waals surface area contributed by atoms with Crippen LogP contribution >= 0.6 is 0 Å². The van der Waals surface area contributed by atoms with Gasteiger partial charge in [-0.1, -0.05) is 20.8 Å². The number of nitrogens with one attached hydrogen (secondary N) is 1. The van der Waals surface area contributed by atoms with E-state index in [9.17, 15) is 4.79 Å². The SMILES string of the molecule is CCc1c(C(=O)NC(C)CO)cnn1CC(C)C.